The molecule has 0 saturated carbocycles. The fourth-order valence-electron chi connectivity index (χ4n) is 3.86. The van der Waals surface area contributed by atoms with Gasteiger partial charge < -0.3 is 15.5 Å². The Labute approximate surface area is 203 Å². The van der Waals surface area contributed by atoms with E-state index in [2.05, 4.69) is 10.6 Å². The number of anilines is 3. The number of carbonyl (C=O) groups excluding carboxylic acids is 3. The molecule has 186 valence electrons. The summed E-state index contributed by atoms with van der Waals surface area (Å²) in [5, 5.41) is 4.62. The Morgan fingerprint density at radius 3 is 2.25 bits per heavy atom. The highest BCUT2D eigenvalue weighted by Crippen LogP contribution is 2.37. The van der Waals surface area contributed by atoms with Crippen LogP contribution in [0.15, 0.2) is 66.7 Å². The van der Waals surface area contributed by atoms with Crippen LogP contribution in [0.5, 0.6) is 0 Å². The number of aryl methyl sites for hydroxylation is 1. The van der Waals surface area contributed by atoms with Crippen LogP contribution in [-0.2, 0) is 15.8 Å². The van der Waals surface area contributed by atoms with Gasteiger partial charge in [-0.15, -0.1) is 0 Å². The summed E-state index contributed by atoms with van der Waals surface area (Å²) >= 11 is 0. The summed E-state index contributed by atoms with van der Waals surface area (Å²) in [5.41, 5.74) is -0.140. The normalized spacial score (nSPS) is 15.6. The second-order valence-electron chi connectivity index (χ2n) is 8.45. The highest BCUT2D eigenvalue weighted by atomic mass is 19.4. The molecule has 6 nitrogen and oxygen atoms in total. The molecule has 1 fully saturated rings. The first kappa shape index (κ1) is 24.9. The Hall–Kier alpha value is -4.21. The van der Waals surface area contributed by atoms with Crippen LogP contribution in [0.4, 0.5) is 34.6 Å². The van der Waals surface area contributed by atoms with Crippen LogP contribution in [-0.4, -0.2) is 24.3 Å². The maximum absolute atomic E-state index is 13.8. The first-order valence-electron chi connectivity index (χ1n) is 11.0. The number of carbonyl (C=O) groups is 3. The Kier molecular flexibility index (Phi) is 6.78. The molecule has 0 spiro atoms. The first-order chi connectivity index (χ1) is 17.0. The zero-order valence-electron chi connectivity index (χ0n) is 19.0. The smallest absolute Gasteiger partial charge is 0.325 e. The van der Waals surface area contributed by atoms with E-state index in [9.17, 15) is 31.9 Å². The molecule has 1 aliphatic heterocycles. The predicted octanol–water partition coefficient (Wildman–Crippen LogP) is 5.40. The molecule has 0 aromatic heterocycles. The Balaban J connectivity index is 1.50. The standard InChI is InChI=1S/C26H21F4N3O3/c1-15-2-9-20(10-3-15)33-14-17(12-23(33)34)25(36)32-22-11-8-19(13-21(22)26(28,29)30)31-24(35)16-4-6-18(27)7-5-16/h2-11,13,17H,12,14H2,1H3,(H,31,35)(H,32,36). The van der Waals surface area contributed by atoms with Gasteiger partial charge in [-0.3, -0.25) is 14.4 Å². The van der Waals surface area contributed by atoms with Gasteiger partial charge in [-0.05, 0) is 61.5 Å². The molecular formula is C26H21F4N3O3. The number of nitrogens with one attached hydrogen (secondary N) is 2. The number of benzene rings is 3. The third kappa shape index (κ3) is 5.54. The number of hydrogen-bond donors (Lipinski definition) is 2. The largest absolute Gasteiger partial charge is 0.418 e. The van der Waals surface area contributed by atoms with Crippen molar-refractivity contribution in [2.75, 3.05) is 22.1 Å². The van der Waals surface area contributed by atoms with E-state index in [1.54, 1.807) is 12.1 Å². The van der Waals surface area contributed by atoms with Crippen LogP contribution in [0.25, 0.3) is 0 Å². The van der Waals surface area contributed by atoms with E-state index >= 15 is 0 Å². The summed E-state index contributed by atoms with van der Waals surface area (Å²) in [6.07, 6.45) is -4.97. The van der Waals surface area contributed by atoms with Gasteiger partial charge in [0.25, 0.3) is 5.91 Å². The summed E-state index contributed by atoms with van der Waals surface area (Å²) in [6, 6.07) is 14.6. The average Bonchev–Trinajstić information content (AvgIpc) is 3.22. The third-order valence-corrected chi connectivity index (χ3v) is 5.79. The summed E-state index contributed by atoms with van der Waals surface area (Å²) in [6.45, 7) is 1.93. The molecule has 3 aromatic rings. The predicted molar refractivity (Wildman–Crippen MR) is 126 cm³/mol. The number of nitrogens with zero attached hydrogens (tertiary/aromatic N) is 1. The van der Waals surface area contributed by atoms with Gasteiger partial charge in [0.2, 0.25) is 11.8 Å². The van der Waals surface area contributed by atoms with Crippen molar-refractivity contribution in [1.82, 2.24) is 0 Å². The average molecular weight is 499 g/mol. The van der Waals surface area contributed by atoms with Crippen LogP contribution in [0.3, 0.4) is 0 Å². The van der Waals surface area contributed by atoms with E-state index in [4.69, 9.17) is 0 Å². The molecule has 3 aromatic carbocycles. The highest BCUT2D eigenvalue weighted by Gasteiger charge is 2.38. The Morgan fingerprint density at radius 1 is 0.944 bits per heavy atom. The lowest BCUT2D eigenvalue weighted by Gasteiger charge is -2.18. The van der Waals surface area contributed by atoms with Gasteiger partial charge in [0, 0.05) is 29.9 Å². The molecule has 0 bridgehead atoms. The number of amides is 3. The van der Waals surface area contributed by atoms with Gasteiger partial charge in [-0.25, -0.2) is 4.39 Å². The van der Waals surface area contributed by atoms with E-state index in [1.165, 1.54) is 23.1 Å². The van der Waals surface area contributed by atoms with Crippen molar-refractivity contribution in [3.05, 3.63) is 89.2 Å². The molecule has 10 heteroatoms. The highest BCUT2D eigenvalue weighted by molar-refractivity contribution is 6.05. The molecule has 1 unspecified atom stereocenters. The SMILES string of the molecule is Cc1ccc(N2CC(C(=O)Nc3ccc(NC(=O)c4ccc(F)cc4)cc3C(F)(F)F)CC2=O)cc1. The van der Waals surface area contributed by atoms with Crippen LogP contribution < -0.4 is 15.5 Å². The fourth-order valence-corrected chi connectivity index (χ4v) is 3.86. The number of hydrogen-bond acceptors (Lipinski definition) is 3. The molecule has 0 radical (unpaired) electrons. The van der Waals surface area contributed by atoms with Crippen molar-refractivity contribution in [3.63, 3.8) is 0 Å². The lowest BCUT2D eigenvalue weighted by atomic mass is 10.1. The second kappa shape index (κ2) is 9.80. The molecule has 2 N–H and O–H groups in total. The van der Waals surface area contributed by atoms with Gasteiger partial charge >= 0.3 is 6.18 Å². The van der Waals surface area contributed by atoms with Crippen molar-refractivity contribution in [3.8, 4) is 0 Å². The summed E-state index contributed by atoms with van der Waals surface area (Å²) < 4.78 is 54.4. The molecule has 0 aliphatic carbocycles. The van der Waals surface area contributed by atoms with E-state index in [0.717, 1.165) is 23.8 Å². The quantitative estimate of drug-likeness (QED) is 0.462. The summed E-state index contributed by atoms with van der Waals surface area (Å²) in [4.78, 5) is 39.0. The van der Waals surface area contributed by atoms with Gasteiger partial charge in [-0.2, -0.15) is 13.2 Å². The van der Waals surface area contributed by atoms with E-state index in [1.807, 2.05) is 19.1 Å². The molecule has 1 saturated heterocycles. The first-order valence-corrected chi connectivity index (χ1v) is 11.0. The van der Waals surface area contributed by atoms with Gasteiger partial charge in [0.05, 0.1) is 17.2 Å². The van der Waals surface area contributed by atoms with Crippen LogP contribution in [0, 0.1) is 18.7 Å². The van der Waals surface area contributed by atoms with Crippen LogP contribution in [0.2, 0.25) is 0 Å². The van der Waals surface area contributed by atoms with Crippen molar-refractivity contribution < 1.29 is 31.9 Å². The monoisotopic (exact) mass is 499 g/mol. The minimum atomic E-state index is -4.83. The minimum absolute atomic E-state index is 0.0425. The number of halogens is 4. The van der Waals surface area contributed by atoms with E-state index < -0.39 is 41.0 Å². The van der Waals surface area contributed by atoms with Gasteiger partial charge in [0.15, 0.2) is 0 Å². The Bertz CT molecular complexity index is 1310. The lowest BCUT2D eigenvalue weighted by Crippen LogP contribution is -2.28. The molecule has 36 heavy (non-hydrogen) atoms. The molecule has 1 aliphatic rings. The Morgan fingerprint density at radius 2 is 1.61 bits per heavy atom. The van der Waals surface area contributed by atoms with Crippen molar-refractivity contribution in [1.29, 1.82) is 0 Å². The van der Waals surface area contributed by atoms with E-state index in [0.29, 0.717) is 11.8 Å². The van der Waals surface area contributed by atoms with Crippen LogP contribution >= 0.6 is 0 Å². The van der Waals surface area contributed by atoms with Gasteiger partial charge in [0.1, 0.15) is 5.82 Å². The maximum atomic E-state index is 13.8. The lowest BCUT2D eigenvalue weighted by molar-refractivity contribution is -0.137. The fraction of sp³-hybridized carbons (Fsp3) is 0.192. The van der Waals surface area contributed by atoms with Crippen molar-refractivity contribution in [2.24, 2.45) is 5.92 Å². The number of alkyl halides is 3. The molecule has 1 atom stereocenters. The zero-order valence-corrected chi connectivity index (χ0v) is 19.0. The second-order valence-corrected chi connectivity index (χ2v) is 8.45. The molecule has 4 rings (SSSR count). The molecule has 1 heterocycles. The molecular weight excluding hydrogens is 478 g/mol. The van der Waals surface area contributed by atoms with Crippen molar-refractivity contribution >= 4 is 34.8 Å². The van der Waals surface area contributed by atoms with Crippen LogP contribution in [0.1, 0.15) is 27.9 Å². The zero-order chi connectivity index (χ0) is 26.0. The number of rotatable bonds is 5. The maximum Gasteiger partial charge on any atom is 0.418 e. The minimum Gasteiger partial charge on any atom is -0.325 e. The summed E-state index contributed by atoms with van der Waals surface area (Å²) in [7, 11) is 0. The topological polar surface area (TPSA) is 78.5 Å². The molecule has 3 amide bonds. The third-order valence-electron chi connectivity index (χ3n) is 5.79. The van der Waals surface area contributed by atoms with Crippen molar-refractivity contribution in [2.45, 2.75) is 19.5 Å². The summed E-state index contributed by atoms with van der Waals surface area (Å²) in [5.74, 6) is -3.13. The van der Waals surface area contributed by atoms with Gasteiger partial charge in [-0.1, -0.05) is 17.7 Å². The van der Waals surface area contributed by atoms with E-state index in [-0.39, 0.29) is 30.1 Å².